The highest BCUT2D eigenvalue weighted by Crippen LogP contribution is 2.27. The number of nitrogens with zero attached hydrogens (tertiary/aromatic N) is 2. The number of hydrogen-bond acceptors (Lipinski definition) is 7. The molecule has 0 radical (unpaired) electrons. The van der Waals surface area contributed by atoms with Crippen molar-refractivity contribution >= 4 is 40.8 Å². The molecular weight excluding hydrogens is 394 g/mol. The van der Waals surface area contributed by atoms with Crippen LogP contribution in [0.1, 0.15) is 15.9 Å². The predicted molar refractivity (Wildman–Crippen MR) is 105 cm³/mol. The lowest BCUT2D eigenvalue weighted by Crippen LogP contribution is -2.37. The Hall–Kier alpha value is -3.33. The summed E-state index contributed by atoms with van der Waals surface area (Å²) in [6.45, 7) is 0.181. The molecule has 1 fully saturated rings. The lowest BCUT2D eigenvalue weighted by molar-refractivity contribution is -0.130. The van der Waals surface area contributed by atoms with E-state index in [0.29, 0.717) is 28.7 Å². The van der Waals surface area contributed by atoms with Crippen LogP contribution in [0.3, 0.4) is 0 Å². The van der Waals surface area contributed by atoms with Crippen LogP contribution in [-0.2, 0) is 15.3 Å². The monoisotopic (exact) mass is 411 g/mol. The van der Waals surface area contributed by atoms with Crippen LogP contribution in [0.2, 0.25) is 0 Å². The molecule has 3 aromatic rings. The van der Waals surface area contributed by atoms with E-state index in [0.717, 1.165) is 16.0 Å². The number of carbonyl (C=O) groups is 3. The normalized spacial score (nSPS) is 13.5. The van der Waals surface area contributed by atoms with Gasteiger partial charge in [-0.05, 0) is 23.8 Å². The van der Waals surface area contributed by atoms with Gasteiger partial charge in [0.25, 0.3) is 11.1 Å². The van der Waals surface area contributed by atoms with Gasteiger partial charge in [-0.3, -0.25) is 9.69 Å². The van der Waals surface area contributed by atoms with Gasteiger partial charge in [-0.2, -0.15) is 0 Å². The Labute approximate surface area is 170 Å². The summed E-state index contributed by atoms with van der Waals surface area (Å²) >= 11 is 1.36. The minimum Gasteiger partial charge on any atom is -0.452 e. The quantitative estimate of drug-likeness (QED) is 0.491. The van der Waals surface area contributed by atoms with Gasteiger partial charge in [-0.1, -0.05) is 42.1 Å². The number of rotatable bonds is 6. The number of imide groups is 1. The predicted octanol–water partition coefficient (Wildman–Crippen LogP) is 2.83. The number of amides is 3. The third kappa shape index (κ3) is 4.24. The minimum atomic E-state index is -0.619. The molecule has 2 heterocycles. The van der Waals surface area contributed by atoms with Crippen LogP contribution in [0.15, 0.2) is 58.2 Å². The number of nitrogens with one attached hydrogen (secondary N) is 1. The van der Waals surface area contributed by atoms with Gasteiger partial charge in [-0.15, -0.1) is 0 Å². The number of urea groups is 1. The number of hydrogen-bond donors (Lipinski definition) is 1. The highest BCUT2D eigenvalue weighted by atomic mass is 32.2. The van der Waals surface area contributed by atoms with Gasteiger partial charge in [0, 0.05) is 18.8 Å². The molecule has 1 aliphatic heterocycles. The Morgan fingerprint density at radius 2 is 1.97 bits per heavy atom. The molecule has 29 heavy (non-hydrogen) atoms. The fourth-order valence-electron chi connectivity index (χ4n) is 2.89. The number of carbonyl (C=O) groups excluding carboxylic acids is 3. The number of para-hydroxylation sites is 2. The first-order valence-electron chi connectivity index (χ1n) is 8.93. The summed E-state index contributed by atoms with van der Waals surface area (Å²) < 4.78 is 10.8. The van der Waals surface area contributed by atoms with E-state index in [1.54, 1.807) is 12.1 Å². The summed E-state index contributed by atoms with van der Waals surface area (Å²) in [7, 11) is 0. The molecule has 0 unspecified atom stereocenters. The summed E-state index contributed by atoms with van der Waals surface area (Å²) in [6.07, 6.45) is 0. The Bertz CT molecular complexity index is 1050. The fraction of sp³-hybridized carbons (Fsp3) is 0.200. The number of oxazole rings is 1. The molecule has 1 aromatic heterocycles. The molecule has 8 nitrogen and oxygen atoms in total. The molecule has 148 valence electrons. The smallest absolute Gasteiger partial charge is 0.338 e. The van der Waals surface area contributed by atoms with Crippen LogP contribution in [0.25, 0.3) is 11.1 Å². The highest BCUT2D eigenvalue weighted by Gasteiger charge is 2.27. The molecule has 4 rings (SSSR count). The van der Waals surface area contributed by atoms with E-state index in [1.807, 2.05) is 36.4 Å². The maximum atomic E-state index is 12.5. The average molecular weight is 411 g/mol. The van der Waals surface area contributed by atoms with Gasteiger partial charge in [-0.25, -0.2) is 14.6 Å². The van der Waals surface area contributed by atoms with Crippen LogP contribution in [0.5, 0.6) is 0 Å². The van der Waals surface area contributed by atoms with Crippen molar-refractivity contribution < 1.29 is 23.5 Å². The first-order chi connectivity index (χ1) is 14.1. The van der Waals surface area contributed by atoms with E-state index < -0.39 is 24.5 Å². The second kappa shape index (κ2) is 8.36. The third-order valence-corrected chi connectivity index (χ3v) is 5.22. The second-order valence-corrected chi connectivity index (χ2v) is 7.17. The van der Waals surface area contributed by atoms with Crippen molar-refractivity contribution in [3.05, 3.63) is 59.7 Å². The van der Waals surface area contributed by atoms with Crippen LogP contribution in [-0.4, -0.2) is 47.5 Å². The first kappa shape index (κ1) is 19.0. The molecule has 0 bridgehead atoms. The van der Waals surface area contributed by atoms with Crippen molar-refractivity contribution in [3.63, 3.8) is 0 Å². The lowest BCUT2D eigenvalue weighted by atomic mass is 10.1. The Kier molecular flexibility index (Phi) is 5.48. The number of benzene rings is 2. The molecule has 0 saturated carbocycles. The van der Waals surface area contributed by atoms with E-state index >= 15 is 0 Å². The van der Waals surface area contributed by atoms with Crippen molar-refractivity contribution in [1.29, 1.82) is 0 Å². The average Bonchev–Trinajstić information content (AvgIpc) is 3.36. The number of fused-ring (bicyclic) bond motifs is 1. The van der Waals surface area contributed by atoms with Gasteiger partial charge in [0.15, 0.2) is 12.2 Å². The van der Waals surface area contributed by atoms with Crippen molar-refractivity contribution in [3.8, 4) is 0 Å². The zero-order valence-electron chi connectivity index (χ0n) is 15.3. The molecule has 3 amide bonds. The van der Waals surface area contributed by atoms with Crippen LogP contribution >= 0.6 is 11.8 Å². The SMILES string of the molecule is O=C(OCC(=O)N1CCNC1=O)c1ccccc1CSc1nc2ccccc2o1. The Balaban J connectivity index is 1.40. The molecule has 0 spiro atoms. The standard InChI is InChI=1S/C20H17N3O5S/c24-17(23-10-9-21-19(23)26)11-27-18(25)14-6-2-1-5-13(14)12-29-20-22-15-7-3-4-8-16(15)28-20/h1-8H,9-12H2,(H,21,26). The third-order valence-electron chi connectivity index (χ3n) is 4.35. The molecule has 9 heteroatoms. The summed E-state index contributed by atoms with van der Waals surface area (Å²) in [5, 5.41) is 3.03. The van der Waals surface area contributed by atoms with Gasteiger partial charge in [0.1, 0.15) is 5.52 Å². The molecule has 1 saturated heterocycles. The van der Waals surface area contributed by atoms with Gasteiger partial charge in [0.05, 0.1) is 5.56 Å². The summed E-state index contributed by atoms with van der Waals surface area (Å²) in [5.41, 5.74) is 2.56. The van der Waals surface area contributed by atoms with E-state index in [1.165, 1.54) is 11.8 Å². The second-order valence-electron chi connectivity index (χ2n) is 6.25. The topological polar surface area (TPSA) is 102 Å². The van der Waals surface area contributed by atoms with Crippen LogP contribution < -0.4 is 5.32 Å². The molecule has 0 atom stereocenters. The van der Waals surface area contributed by atoms with Crippen molar-refractivity contribution in [2.45, 2.75) is 11.0 Å². The maximum Gasteiger partial charge on any atom is 0.338 e. The van der Waals surface area contributed by atoms with E-state index in [-0.39, 0.29) is 6.54 Å². The zero-order chi connectivity index (χ0) is 20.2. The number of esters is 1. The van der Waals surface area contributed by atoms with Crippen LogP contribution in [0, 0.1) is 0 Å². The number of ether oxygens (including phenoxy) is 1. The molecule has 2 aromatic carbocycles. The van der Waals surface area contributed by atoms with Crippen molar-refractivity contribution in [1.82, 2.24) is 15.2 Å². The number of aromatic nitrogens is 1. The van der Waals surface area contributed by atoms with Gasteiger partial charge >= 0.3 is 12.0 Å². The lowest BCUT2D eigenvalue weighted by Gasteiger charge is -2.13. The minimum absolute atomic E-state index is 0.271. The molecule has 1 N–H and O–H groups in total. The first-order valence-corrected chi connectivity index (χ1v) is 9.92. The van der Waals surface area contributed by atoms with Gasteiger partial charge in [0.2, 0.25) is 0 Å². The number of thioether (sulfide) groups is 1. The molecular formula is C20H17N3O5S. The Morgan fingerprint density at radius 1 is 1.17 bits per heavy atom. The summed E-state index contributed by atoms with van der Waals surface area (Å²) in [6, 6.07) is 14.0. The van der Waals surface area contributed by atoms with Crippen molar-refractivity contribution in [2.24, 2.45) is 0 Å². The van der Waals surface area contributed by atoms with Crippen LogP contribution in [0.4, 0.5) is 4.79 Å². The highest BCUT2D eigenvalue weighted by molar-refractivity contribution is 7.98. The van der Waals surface area contributed by atoms with E-state index in [9.17, 15) is 14.4 Å². The Morgan fingerprint density at radius 3 is 2.76 bits per heavy atom. The maximum absolute atomic E-state index is 12.5. The molecule has 0 aliphatic carbocycles. The van der Waals surface area contributed by atoms with Crippen molar-refractivity contribution in [2.75, 3.05) is 19.7 Å². The zero-order valence-corrected chi connectivity index (χ0v) is 16.1. The summed E-state index contributed by atoms with van der Waals surface area (Å²) in [5.74, 6) is -0.723. The summed E-state index contributed by atoms with van der Waals surface area (Å²) in [4.78, 5) is 41.5. The van der Waals surface area contributed by atoms with Gasteiger partial charge < -0.3 is 14.5 Å². The largest absolute Gasteiger partial charge is 0.452 e. The fourth-order valence-corrected chi connectivity index (χ4v) is 3.73. The van der Waals surface area contributed by atoms with E-state index in [4.69, 9.17) is 9.15 Å². The van der Waals surface area contributed by atoms with E-state index in [2.05, 4.69) is 10.3 Å². The molecule has 1 aliphatic rings.